The van der Waals surface area contributed by atoms with Crippen LogP contribution in [0.25, 0.3) is 0 Å². The fourth-order valence-corrected chi connectivity index (χ4v) is 3.29. The minimum Gasteiger partial charge on any atom is -0.341 e. The lowest BCUT2D eigenvalue weighted by Crippen LogP contribution is -2.25. The maximum Gasteiger partial charge on any atom is 0.225 e. The molecule has 4 rings (SSSR count). The van der Waals surface area contributed by atoms with Gasteiger partial charge in [0.15, 0.2) is 0 Å². The van der Waals surface area contributed by atoms with Gasteiger partial charge in [-0.3, -0.25) is 9.58 Å². The zero-order valence-electron chi connectivity index (χ0n) is 13.7. The Hall–Kier alpha value is -1.95. The monoisotopic (exact) mass is 312 g/mol. The first kappa shape index (κ1) is 14.6. The summed E-state index contributed by atoms with van der Waals surface area (Å²) in [4.78, 5) is 13.9. The maximum atomic E-state index is 4.58. The van der Waals surface area contributed by atoms with Gasteiger partial charge in [-0.05, 0) is 25.7 Å². The van der Waals surface area contributed by atoms with Crippen LogP contribution in [-0.2, 0) is 20.1 Å². The van der Waals surface area contributed by atoms with Crippen LogP contribution in [0.4, 0.5) is 5.95 Å². The molecule has 1 aliphatic heterocycles. The van der Waals surface area contributed by atoms with E-state index in [1.54, 1.807) is 0 Å². The zero-order chi connectivity index (χ0) is 15.6. The summed E-state index contributed by atoms with van der Waals surface area (Å²) < 4.78 is 1.87. The molecular weight excluding hydrogens is 288 g/mol. The second kappa shape index (κ2) is 6.28. The van der Waals surface area contributed by atoms with E-state index in [1.165, 1.54) is 36.8 Å². The van der Waals surface area contributed by atoms with E-state index in [9.17, 15) is 0 Å². The SMILES string of the molecule is Cn1cc(CN(Cc2cnc(N3CCCC3)nc2)C2CC2)cn1. The van der Waals surface area contributed by atoms with Gasteiger partial charge in [-0.1, -0.05) is 0 Å². The van der Waals surface area contributed by atoms with Crippen molar-refractivity contribution in [3.63, 3.8) is 0 Å². The molecule has 0 atom stereocenters. The largest absolute Gasteiger partial charge is 0.341 e. The summed E-state index contributed by atoms with van der Waals surface area (Å²) in [6.45, 7) is 4.05. The molecule has 6 nitrogen and oxygen atoms in total. The van der Waals surface area contributed by atoms with Crippen molar-refractivity contribution >= 4 is 5.95 Å². The molecule has 1 saturated heterocycles. The number of hydrogen-bond acceptors (Lipinski definition) is 5. The summed E-state index contributed by atoms with van der Waals surface area (Å²) in [7, 11) is 1.97. The van der Waals surface area contributed by atoms with Crippen LogP contribution in [0.5, 0.6) is 0 Å². The quantitative estimate of drug-likeness (QED) is 0.816. The molecule has 3 heterocycles. The minimum atomic E-state index is 0.702. The number of anilines is 1. The fourth-order valence-electron chi connectivity index (χ4n) is 3.29. The van der Waals surface area contributed by atoms with Crippen molar-refractivity contribution in [3.8, 4) is 0 Å². The number of aryl methyl sites for hydroxylation is 1. The molecule has 1 aliphatic carbocycles. The molecule has 23 heavy (non-hydrogen) atoms. The van der Waals surface area contributed by atoms with Gasteiger partial charge in [0.1, 0.15) is 0 Å². The van der Waals surface area contributed by atoms with Crippen molar-refractivity contribution in [1.29, 1.82) is 0 Å². The topological polar surface area (TPSA) is 50.1 Å². The highest BCUT2D eigenvalue weighted by atomic mass is 15.3. The predicted molar refractivity (Wildman–Crippen MR) is 89.0 cm³/mol. The van der Waals surface area contributed by atoms with Gasteiger partial charge in [-0.2, -0.15) is 5.10 Å². The molecule has 122 valence electrons. The van der Waals surface area contributed by atoms with Crippen molar-refractivity contribution in [1.82, 2.24) is 24.6 Å². The van der Waals surface area contributed by atoms with Crippen LogP contribution in [0.1, 0.15) is 36.8 Å². The molecule has 0 spiro atoms. The Balaban J connectivity index is 1.42. The van der Waals surface area contributed by atoms with Gasteiger partial charge in [0.25, 0.3) is 0 Å². The molecule has 2 aliphatic rings. The Morgan fingerprint density at radius 2 is 1.74 bits per heavy atom. The van der Waals surface area contributed by atoms with E-state index in [2.05, 4.69) is 31.1 Å². The first-order chi connectivity index (χ1) is 11.3. The molecule has 6 heteroatoms. The molecule has 0 aromatic carbocycles. The summed E-state index contributed by atoms with van der Waals surface area (Å²) in [6.07, 6.45) is 13.2. The average molecular weight is 312 g/mol. The lowest BCUT2D eigenvalue weighted by Gasteiger charge is -2.21. The van der Waals surface area contributed by atoms with E-state index < -0.39 is 0 Å². The molecule has 0 amide bonds. The molecule has 0 radical (unpaired) electrons. The molecule has 2 aromatic heterocycles. The third-order valence-electron chi connectivity index (χ3n) is 4.67. The Morgan fingerprint density at radius 3 is 2.35 bits per heavy atom. The van der Waals surface area contributed by atoms with Crippen LogP contribution in [0, 0.1) is 0 Å². The molecule has 0 bridgehead atoms. The highest BCUT2D eigenvalue weighted by Gasteiger charge is 2.29. The first-order valence-electron chi connectivity index (χ1n) is 8.55. The van der Waals surface area contributed by atoms with E-state index >= 15 is 0 Å². The van der Waals surface area contributed by atoms with Crippen molar-refractivity contribution in [2.45, 2.75) is 44.8 Å². The van der Waals surface area contributed by atoms with Crippen molar-refractivity contribution in [2.24, 2.45) is 7.05 Å². The van der Waals surface area contributed by atoms with Gasteiger partial charge >= 0.3 is 0 Å². The second-order valence-electron chi connectivity index (χ2n) is 6.74. The van der Waals surface area contributed by atoms with Gasteiger partial charge in [-0.25, -0.2) is 9.97 Å². The van der Waals surface area contributed by atoms with Crippen LogP contribution in [-0.4, -0.2) is 43.8 Å². The smallest absolute Gasteiger partial charge is 0.225 e. The average Bonchev–Trinajstić information content (AvgIpc) is 3.10. The summed E-state index contributed by atoms with van der Waals surface area (Å²) >= 11 is 0. The maximum absolute atomic E-state index is 4.58. The highest BCUT2D eigenvalue weighted by Crippen LogP contribution is 2.29. The molecule has 0 unspecified atom stereocenters. The zero-order valence-corrected chi connectivity index (χ0v) is 13.7. The summed E-state index contributed by atoms with van der Waals surface area (Å²) in [5, 5.41) is 4.27. The summed E-state index contributed by atoms with van der Waals surface area (Å²) in [5.74, 6) is 0.886. The Morgan fingerprint density at radius 1 is 1.04 bits per heavy atom. The van der Waals surface area contributed by atoms with Gasteiger partial charge in [0.2, 0.25) is 5.95 Å². The van der Waals surface area contributed by atoms with E-state index in [4.69, 9.17) is 0 Å². The van der Waals surface area contributed by atoms with Crippen LogP contribution in [0.2, 0.25) is 0 Å². The van der Waals surface area contributed by atoms with Crippen LogP contribution in [0.3, 0.4) is 0 Å². The third kappa shape index (κ3) is 3.52. The Bertz CT molecular complexity index is 639. The Kier molecular flexibility index (Phi) is 3.99. The summed E-state index contributed by atoms with van der Waals surface area (Å²) in [6, 6.07) is 0.702. The predicted octanol–water partition coefficient (Wildman–Crippen LogP) is 1.97. The van der Waals surface area contributed by atoms with E-state index in [0.29, 0.717) is 6.04 Å². The number of rotatable bonds is 6. The summed E-state index contributed by atoms with van der Waals surface area (Å²) in [5.41, 5.74) is 2.47. The molecule has 2 aromatic rings. The van der Waals surface area contributed by atoms with Crippen LogP contribution < -0.4 is 4.90 Å². The second-order valence-corrected chi connectivity index (χ2v) is 6.74. The third-order valence-corrected chi connectivity index (χ3v) is 4.67. The normalized spacial score (nSPS) is 18.1. The van der Waals surface area contributed by atoms with E-state index in [1.807, 2.05) is 30.3 Å². The molecule has 0 N–H and O–H groups in total. The van der Waals surface area contributed by atoms with E-state index in [0.717, 1.165) is 32.1 Å². The standard InChI is InChI=1S/C17H24N6/c1-21-11-15(10-20-21)13-23(16-4-5-16)12-14-8-18-17(19-9-14)22-6-2-3-7-22/h8-11,16H,2-7,12-13H2,1H3. The lowest BCUT2D eigenvalue weighted by molar-refractivity contribution is 0.245. The molecule has 2 fully saturated rings. The van der Waals surface area contributed by atoms with E-state index in [-0.39, 0.29) is 0 Å². The molecule has 1 saturated carbocycles. The minimum absolute atomic E-state index is 0.702. The number of hydrogen-bond donors (Lipinski definition) is 0. The van der Waals surface area contributed by atoms with Crippen molar-refractivity contribution in [2.75, 3.05) is 18.0 Å². The highest BCUT2D eigenvalue weighted by molar-refractivity contribution is 5.31. The van der Waals surface area contributed by atoms with Gasteiger partial charge in [0, 0.05) is 69.0 Å². The Labute approximate surface area is 137 Å². The van der Waals surface area contributed by atoms with Crippen molar-refractivity contribution in [3.05, 3.63) is 35.9 Å². The van der Waals surface area contributed by atoms with Crippen LogP contribution >= 0.6 is 0 Å². The fraction of sp³-hybridized carbons (Fsp3) is 0.588. The number of nitrogens with zero attached hydrogens (tertiary/aromatic N) is 6. The first-order valence-corrected chi connectivity index (χ1v) is 8.55. The van der Waals surface area contributed by atoms with Gasteiger partial charge < -0.3 is 4.90 Å². The van der Waals surface area contributed by atoms with Crippen LogP contribution in [0.15, 0.2) is 24.8 Å². The van der Waals surface area contributed by atoms with Gasteiger partial charge in [0.05, 0.1) is 6.20 Å². The number of aromatic nitrogens is 4. The lowest BCUT2D eigenvalue weighted by atomic mass is 10.2. The van der Waals surface area contributed by atoms with Gasteiger partial charge in [-0.15, -0.1) is 0 Å². The molecular formula is C17H24N6. The van der Waals surface area contributed by atoms with Crippen molar-refractivity contribution < 1.29 is 0 Å².